The van der Waals surface area contributed by atoms with Crippen LogP contribution in [0.5, 0.6) is 11.6 Å². The molecule has 6 rings (SSSR count). The molecule has 2 aromatic carbocycles. The zero-order valence-electron chi connectivity index (χ0n) is 23.3. The van der Waals surface area contributed by atoms with Crippen LogP contribution in [0.2, 0.25) is 0 Å². The molecule has 0 radical (unpaired) electrons. The van der Waals surface area contributed by atoms with Gasteiger partial charge in [-0.3, -0.25) is 0 Å². The summed E-state index contributed by atoms with van der Waals surface area (Å²) in [6.45, 7) is 7.60. The Labute approximate surface area is 226 Å². The van der Waals surface area contributed by atoms with Gasteiger partial charge in [0.15, 0.2) is 0 Å². The number of fused-ring (bicyclic) bond motifs is 2. The quantitative estimate of drug-likeness (QED) is 0.330. The van der Waals surface area contributed by atoms with Crippen molar-refractivity contribution in [3.05, 3.63) is 76.7 Å². The number of pyridine rings is 1. The Hall–Kier alpha value is -2.88. The van der Waals surface area contributed by atoms with Crippen LogP contribution in [0.1, 0.15) is 93.9 Å². The Kier molecular flexibility index (Phi) is 6.48. The van der Waals surface area contributed by atoms with E-state index in [2.05, 4.69) is 62.2 Å². The lowest BCUT2D eigenvalue weighted by molar-refractivity contribution is 0.114. The normalized spacial score (nSPS) is 25.6. The van der Waals surface area contributed by atoms with E-state index in [-0.39, 0.29) is 11.2 Å². The van der Waals surface area contributed by atoms with Crippen molar-refractivity contribution >= 4 is 0 Å². The summed E-state index contributed by atoms with van der Waals surface area (Å²) in [7, 11) is 1.57. The molecule has 3 aliphatic rings. The molecule has 3 nitrogen and oxygen atoms in total. The number of ether oxygens (including phenoxy) is 2. The van der Waals surface area contributed by atoms with Crippen molar-refractivity contribution in [2.24, 2.45) is 11.3 Å². The van der Waals surface area contributed by atoms with Crippen LogP contribution >= 0.6 is 0 Å². The Balaban J connectivity index is 1.32. The summed E-state index contributed by atoms with van der Waals surface area (Å²) in [6.07, 6.45) is 11.2. The highest BCUT2D eigenvalue weighted by atomic mass is 19.1. The van der Waals surface area contributed by atoms with E-state index in [1.807, 2.05) is 0 Å². The third kappa shape index (κ3) is 4.30. The molecule has 1 heterocycles. The first-order chi connectivity index (χ1) is 18.3. The summed E-state index contributed by atoms with van der Waals surface area (Å²) in [6, 6.07) is 14.9. The average Bonchev–Trinajstić information content (AvgIpc) is 3.29. The maximum atomic E-state index is 15.0. The Morgan fingerprint density at radius 2 is 1.84 bits per heavy atom. The summed E-state index contributed by atoms with van der Waals surface area (Å²) in [5, 5.41) is 0. The van der Waals surface area contributed by atoms with Gasteiger partial charge in [-0.25, -0.2) is 9.37 Å². The van der Waals surface area contributed by atoms with Crippen LogP contribution < -0.4 is 9.47 Å². The lowest BCUT2D eigenvalue weighted by atomic mass is 9.52. The average molecular weight is 514 g/mol. The van der Waals surface area contributed by atoms with Crippen molar-refractivity contribution in [1.82, 2.24) is 4.98 Å². The molecule has 0 N–H and O–H groups in total. The summed E-state index contributed by atoms with van der Waals surface area (Å²) in [5.41, 5.74) is 7.38. The maximum absolute atomic E-state index is 15.0. The molecule has 0 unspecified atom stereocenters. The fourth-order valence-electron chi connectivity index (χ4n) is 7.65. The fourth-order valence-corrected chi connectivity index (χ4v) is 7.65. The molecule has 200 valence electrons. The van der Waals surface area contributed by atoms with Crippen molar-refractivity contribution in [2.45, 2.75) is 90.1 Å². The van der Waals surface area contributed by atoms with Gasteiger partial charge in [-0.15, -0.1) is 0 Å². The monoisotopic (exact) mass is 513 g/mol. The predicted octanol–water partition coefficient (Wildman–Crippen LogP) is 8.77. The number of rotatable bonds is 6. The minimum absolute atomic E-state index is 0.161. The predicted molar refractivity (Wildman–Crippen MR) is 150 cm³/mol. The molecule has 1 aromatic heterocycles. The van der Waals surface area contributed by atoms with Gasteiger partial charge in [-0.1, -0.05) is 51.5 Å². The van der Waals surface area contributed by atoms with Crippen LogP contribution in [-0.4, -0.2) is 12.1 Å². The molecule has 38 heavy (non-hydrogen) atoms. The van der Waals surface area contributed by atoms with Gasteiger partial charge in [0.05, 0.1) is 13.3 Å². The molecule has 0 saturated heterocycles. The lowest BCUT2D eigenvalue weighted by Gasteiger charge is -2.52. The first-order valence-corrected chi connectivity index (χ1v) is 14.4. The van der Waals surface area contributed by atoms with Crippen LogP contribution in [-0.2, 0) is 18.4 Å². The Morgan fingerprint density at radius 3 is 2.55 bits per heavy atom. The van der Waals surface area contributed by atoms with Gasteiger partial charge in [-0.2, -0.15) is 0 Å². The fraction of sp³-hybridized carbons (Fsp3) is 0.500. The van der Waals surface area contributed by atoms with E-state index in [0.29, 0.717) is 29.4 Å². The van der Waals surface area contributed by atoms with Crippen LogP contribution in [0, 0.1) is 17.2 Å². The third-order valence-corrected chi connectivity index (χ3v) is 10.1. The van der Waals surface area contributed by atoms with Crippen LogP contribution in [0.3, 0.4) is 0 Å². The van der Waals surface area contributed by atoms with Gasteiger partial charge in [0, 0.05) is 11.6 Å². The first-order valence-electron chi connectivity index (χ1n) is 14.4. The third-order valence-electron chi connectivity index (χ3n) is 10.1. The highest BCUT2D eigenvalue weighted by molar-refractivity contribution is 5.70. The van der Waals surface area contributed by atoms with E-state index in [9.17, 15) is 0 Å². The number of methoxy groups -OCH3 is 1. The molecule has 0 bridgehead atoms. The van der Waals surface area contributed by atoms with Gasteiger partial charge >= 0.3 is 0 Å². The second-order valence-electron chi connectivity index (χ2n) is 12.6. The van der Waals surface area contributed by atoms with E-state index in [1.165, 1.54) is 67.8 Å². The SMILES string of the molecule is COc1cc(-c2ccc(COc3ccc4c(c3)[C@@]3(CCC4)CC[C@@H]3C)cc2[C@@H]2CCCC2(C)C)c(F)cn1. The van der Waals surface area contributed by atoms with E-state index >= 15 is 4.39 Å². The summed E-state index contributed by atoms with van der Waals surface area (Å²) in [4.78, 5) is 4.06. The lowest BCUT2D eigenvalue weighted by Crippen LogP contribution is -2.45. The van der Waals surface area contributed by atoms with Gasteiger partial charge in [0.1, 0.15) is 18.2 Å². The second kappa shape index (κ2) is 9.70. The highest BCUT2D eigenvalue weighted by Crippen LogP contribution is 2.55. The van der Waals surface area contributed by atoms with Crippen molar-refractivity contribution in [3.63, 3.8) is 0 Å². The molecule has 3 aliphatic carbocycles. The molecule has 3 aromatic rings. The van der Waals surface area contributed by atoms with Crippen molar-refractivity contribution < 1.29 is 13.9 Å². The largest absolute Gasteiger partial charge is 0.489 e. The zero-order valence-corrected chi connectivity index (χ0v) is 23.3. The zero-order chi connectivity index (χ0) is 26.5. The van der Waals surface area contributed by atoms with Gasteiger partial charge in [-0.05, 0) is 108 Å². The number of nitrogens with zero attached hydrogens (tertiary/aromatic N) is 1. The Bertz CT molecular complexity index is 1350. The molecule has 0 aliphatic heterocycles. The molecule has 0 amide bonds. The van der Waals surface area contributed by atoms with Crippen molar-refractivity contribution in [1.29, 1.82) is 0 Å². The van der Waals surface area contributed by atoms with Crippen molar-refractivity contribution in [3.8, 4) is 22.8 Å². The molecule has 2 fully saturated rings. The number of aryl methyl sites for hydroxylation is 1. The van der Waals surface area contributed by atoms with Gasteiger partial charge in [0.2, 0.25) is 5.88 Å². The topological polar surface area (TPSA) is 31.4 Å². The Morgan fingerprint density at radius 1 is 0.974 bits per heavy atom. The van der Waals surface area contributed by atoms with Crippen LogP contribution in [0.4, 0.5) is 4.39 Å². The number of halogens is 1. The minimum atomic E-state index is -0.319. The number of hydrogen-bond acceptors (Lipinski definition) is 3. The van der Waals surface area contributed by atoms with E-state index in [4.69, 9.17) is 9.47 Å². The molecule has 1 spiro atoms. The summed E-state index contributed by atoms with van der Waals surface area (Å²) in [5.74, 6) is 2.19. The number of aromatic nitrogens is 1. The smallest absolute Gasteiger partial charge is 0.213 e. The van der Waals surface area contributed by atoms with Crippen LogP contribution in [0.25, 0.3) is 11.1 Å². The number of benzene rings is 2. The molecule has 4 heteroatoms. The molecular formula is C34H40FNO2. The van der Waals surface area contributed by atoms with Gasteiger partial charge < -0.3 is 9.47 Å². The summed E-state index contributed by atoms with van der Waals surface area (Å²) < 4.78 is 26.8. The van der Waals surface area contributed by atoms with E-state index < -0.39 is 0 Å². The summed E-state index contributed by atoms with van der Waals surface area (Å²) >= 11 is 0. The van der Waals surface area contributed by atoms with E-state index in [1.54, 1.807) is 13.2 Å². The minimum Gasteiger partial charge on any atom is -0.489 e. The second-order valence-corrected chi connectivity index (χ2v) is 12.6. The molecule has 3 atom stereocenters. The van der Waals surface area contributed by atoms with Gasteiger partial charge in [0.25, 0.3) is 0 Å². The first kappa shape index (κ1) is 25.4. The van der Waals surface area contributed by atoms with Crippen molar-refractivity contribution in [2.75, 3.05) is 7.11 Å². The molecular weight excluding hydrogens is 473 g/mol. The molecule has 2 saturated carbocycles. The maximum Gasteiger partial charge on any atom is 0.213 e. The van der Waals surface area contributed by atoms with E-state index in [0.717, 1.165) is 29.2 Å². The highest BCUT2D eigenvalue weighted by Gasteiger charge is 2.47. The standard InChI is InChI=1S/C34H40FNO2/c1-22-13-16-34(22)15-5-7-24-10-11-25(18-30(24)34)38-21-23-9-12-26(28-19-32(37-4)36-20-31(28)35)27(17-23)29-8-6-14-33(29,2)3/h9-12,17-20,22,29H,5-8,13-16,21H2,1-4H3/t22-,29-,34-/m0/s1. The number of hydrogen-bond donors (Lipinski definition) is 0. The van der Waals surface area contributed by atoms with Crippen LogP contribution in [0.15, 0.2) is 48.7 Å².